The monoisotopic (exact) mass is 961 g/mol. The Kier molecular flexibility index (Phi) is 15.0. The summed E-state index contributed by atoms with van der Waals surface area (Å²) in [6.07, 6.45) is 22.4. The van der Waals surface area contributed by atoms with Crippen molar-refractivity contribution in [1.29, 1.82) is 0 Å². The van der Waals surface area contributed by atoms with E-state index in [1.54, 1.807) is 32.1 Å². The molecule has 2 aromatic carbocycles. The van der Waals surface area contributed by atoms with Gasteiger partial charge in [0.15, 0.2) is 0 Å². The predicted octanol–water partition coefficient (Wildman–Crippen LogP) is 11.2. The van der Waals surface area contributed by atoms with Gasteiger partial charge in [-0.2, -0.15) is 0 Å². The first-order valence-corrected chi connectivity index (χ1v) is 25.0. The smallest absolute Gasteiger partial charge is 0.328 e. The number of halogens is 1. The molecule has 370 valence electrons. The zero-order chi connectivity index (χ0) is 50.3. The van der Waals surface area contributed by atoms with Crippen molar-refractivity contribution in [3.8, 4) is 0 Å². The molecule has 2 aromatic rings. The topological polar surface area (TPSA) is 148 Å². The SMILES string of the molecule is C=C1C[C@]23C[C@@]1(O)CC[C@H]2[C@@]12C=C[C@H](O)[C@@](C)(C(=O)O1)[C@H]2[C@@H]3C(=O)O.CC1=C(/C=C/C(C)=C/C=C/C(C)=C\C(=O)O)C(C)(C)CCC1.CN(C)CCCN1c2ccccc2CCc2ccc(Cl)cc21. The first-order valence-electron chi connectivity index (χ1n) is 24.7. The van der Waals surface area contributed by atoms with E-state index in [4.69, 9.17) is 21.4 Å². The highest BCUT2D eigenvalue weighted by atomic mass is 35.5. The summed E-state index contributed by atoms with van der Waals surface area (Å²) in [5, 5.41) is 41.1. The molecule has 0 amide bonds. The van der Waals surface area contributed by atoms with Crippen LogP contribution in [0.3, 0.4) is 0 Å². The Morgan fingerprint density at radius 1 is 0.986 bits per heavy atom. The summed E-state index contributed by atoms with van der Waals surface area (Å²) < 4.78 is 5.87. The lowest BCUT2D eigenvalue weighted by atomic mass is 9.61. The summed E-state index contributed by atoms with van der Waals surface area (Å²) in [6.45, 7) is 18.5. The number of rotatable bonds is 10. The number of allylic oxidation sites excluding steroid dienone is 9. The first-order chi connectivity index (χ1) is 32.5. The molecule has 0 unspecified atom stereocenters. The number of carboxylic acid groups (broad SMARTS) is 2. The number of carboxylic acids is 2. The number of para-hydroxylation sites is 1. The second-order valence-electron chi connectivity index (χ2n) is 21.9. The minimum Gasteiger partial charge on any atom is -0.481 e. The zero-order valence-electron chi connectivity index (χ0n) is 41.9. The molecule has 2 aliphatic heterocycles. The van der Waals surface area contributed by atoms with Crippen molar-refractivity contribution in [3.63, 3.8) is 0 Å². The fourth-order valence-corrected chi connectivity index (χ4v) is 13.3. The van der Waals surface area contributed by atoms with Gasteiger partial charge in [0.1, 0.15) is 11.0 Å². The number of esters is 1. The predicted molar refractivity (Wildman–Crippen MR) is 274 cm³/mol. The van der Waals surface area contributed by atoms with Crippen LogP contribution >= 0.6 is 11.6 Å². The number of hydrogen-bond acceptors (Lipinski definition) is 8. The van der Waals surface area contributed by atoms with E-state index in [1.165, 1.54) is 59.0 Å². The van der Waals surface area contributed by atoms with Crippen molar-refractivity contribution >= 4 is 40.9 Å². The normalized spacial score (nSPS) is 31.9. The zero-order valence-corrected chi connectivity index (χ0v) is 42.6. The minimum absolute atomic E-state index is 0.180. The van der Waals surface area contributed by atoms with Crippen LogP contribution in [0.1, 0.15) is 104 Å². The van der Waals surface area contributed by atoms with Gasteiger partial charge in [-0.25, -0.2) is 4.79 Å². The van der Waals surface area contributed by atoms with E-state index in [0.29, 0.717) is 31.3 Å². The van der Waals surface area contributed by atoms with Gasteiger partial charge >= 0.3 is 17.9 Å². The van der Waals surface area contributed by atoms with Crippen molar-refractivity contribution < 1.29 is 39.5 Å². The number of anilines is 2. The maximum atomic E-state index is 12.7. The van der Waals surface area contributed by atoms with E-state index in [2.05, 4.69) is 107 Å². The number of fused-ring (bicyclic) bond motifs is 3. The summed E-state index contributed by atoms with van der Waals surface area (Å²) in [5.74, 6) is -4.09. The van der Waals surface area contributed by atoms with Crippen LogP contribution in [0.15, 0.2) is 126 Å². The lowest BCUT2D eigenvalue weighted by molar-refractivity contribution is -0.163. The third-order valence-corrected chi connectivity index (χ3v) is 16.8. The molecule has 69 heavy (non-hydrogen) atoms. The highest BCUT2D eigenvalue weighted by Crippen LogP contribution is 2.77. The van der Waals surface area contributed by atoms with Crippen LogP contribution in [-0.2, 0) is 32.0 Å². The Balaban J connectivity index is 0.000000154. The van der Waals surface area contributed by atoms with E-state index in [0.717, 1.165) is 48.5 Å². The van der Waals surface area contributed by atoms with Gasteiger partial charge in [0.2, 0.25) is 0 Å². The molecule has 4 N–H and O–H groups in total. The summed E-state index contributed by atoms with van der Waals surface area (Å²) in [7, 11) is 4.25. The number of carbonyl (C=O) groups excluding carboxylic acids is 1. The van der Waals surface area contributed by atoms with Gasteiger partial charge in [-0.15, -0.1) is 0 Å². The molecule has 2 heterocycles. The highest BCUT2D eigenvalue weighted by molar-refractivity contribution is 6.30. The summed E-state index contributed by atoms with van der Waals surface area (Å²) in [6, 6.07) is 15.1. The Bertz CT molecular complexity index is 2550. The quantitative estimate of drug-likeness (QED) is 0.0785. The third-order valence-electron chi connectivity index (χ3n) is 16.5. The number of carbonyl (C=O) groups is 3. The van der Waals surface area contributed by atoms with Gasteiger partial charge in [-0.05, 0) is 175 Å². The molecule has 4 fully saturated rings. The van der Waals surface area contributed by atoms with Gasteiger partial charge in [0.05, 0.1) is 17.6 Å². The van der Waals surface area contributed by atoms with Crippen molar-refractivity contribution in [1.82, 2.24) is 4.90 Å². The fourth-order valence-electron chi connectivity index (χ4n) is 13.2. The van der Waals surface area contributed by atoms with Crippen LogP contribution in [0.2, 0.25) is 5.02 Å². The van der Waals surface area contributed by atoms with E-state index in [1.807, 2.05) is 18.2 Å². The van der Waals surface area contributed by atoms with E-state index >= 15 is 0 Å². The largest absolute Gasteiger partial charge is 0.481 e. The van der Waals surface area contributed by atoms with Gasteiger partial charge in [0, 0.05) is 40.9 Å². The number of ether oxygens (including phenoxy) is 1. The van der Waals surface area contributed by atoms with Crippen LogP contribution in [0.5, 0.6) is 0 Å². The van der Waals surface area contributed by atoms with Crippen molar-refractivity contribution in [2.45, 2.75) is 123 Å². The Hall–Kier alpha value is -5.00. The molecule has 10 nitrogen and oxygen atoms in total. The Labute approximate surface area is 414 Å². The standard InChI is InChI=1S/C20H28O2.C19H23ClN2.C19H22O6/c1-15(8-6-9-16(2)14-19(21)22)11-12-18-17(3)10-7-13-20(18,4)5;1-21(2)12-5-13-22-18-7-4-3-6-15(18)8-9-16-10-11-17(20)14-19(16)22;1-9-7-17-8-18(9,24)5-3-10(17)19-6-4-11(20)16(2,15(23)25-19)13(19)12(17)14(21)22/h6,8-9,11-12,14H,7,10,13H2,1-5H3,(H,21,22);3-4,6-7,10-11,14H,5,8-9,12-13H2,1-2H3;4,6,10-13,20,24H,1,3,5,7-8H2,2H3,(H,21,22)/b9-6+,12-11+,15-8+,16-14-;;/t;;10-,11+,12-,13-,16-,17+,18+,19-/m..1/s1. The average molecular weight is 962 g/mol. The number of benzene rings is 2. The van der Waals surface area contributed by atoms with E-state index in [-0.39, 0.29) is 11.3 Å². The summed E-state index contributed by atoms with van der Waals surface area (Å²) in [5.41, 5.74) is 7.23. The average Bonchev–Trinajstić information content (AvgIpc) is 3.63. The molecule has 1 saturated heterocycles. The molecular weight excluding hydrogens is 888 g/mol. The summed E-state index contributed by atoms with van der Waals surface area (Å²) >= 11 is 6.27. The van der Waals surface area contributed by atoms with Crippen LogP contribution in [-0.4, -0.2) is 87.7 Å². The highest BCUT2D eigenvalue weighted by Gasteiger charge is 2.83. The molecule has 7 aliphatic rings. The van der Waals surface area contributed by atoms with Gasteiger partial charge in [-0.3, -0.25) is 9.59 Å². The Morgan fingerprint density at radius 2 is 1.70 bits per heavy atom. The van der Waals surface area contributed by atoms with Gasteiger partial charge < -0.3 is 35.0 Å². The molecule has 11 heteroatoms. The molecule has 1 spiro atoms. The lowest BCUT2D eigenvalue weighted by Crippen LogP contribution is -2.50. The van der Waals surface area contributed by atoms with E-state index in [9.17, 15) is 29.7 Å². The molecule has 0 aromatic heterocycles. The second-order valence-corrected chi connectivity index (χ2v) is 22.3. The number of aliphatic hydroxyl groups excluding tert-OH is 1. The van der Waals surface area contributed by atoms with Gasteiger partial charge in [-0.1, -0.05) is 104 Å². The molecule has 8 atom stereocenters. The number of hydrogen-bond donors (Lipinski definition) is 4. The first kappa shape index (κ1) is 51.8. The van der Waals surface area contributed by atoms with Crippen LogP contribution in [0, 0.1) is 34.0 Å². The number of aryl methyl sites for hydroxylation is 2. The molecule has 4 bridgehead atoms. The number of aliphatic carboxylic acids is 2. The third kappa shape index (κ3) is 9.88. The van der Waals surface area contributed by atoms with Crippen molar-refractivity contribution in [2.75, 3.05) is 32.1 Å². The fraction of sp³-hybridized carbons (Fsp3) is 0.500. The lowest BCUT2D eigenvalue weighted by Gasteiger charge is -2.44. The molecule has 9 rings (SSSR count). The second kappa shape index (κ2) is 20.0. The van der Waals surface area contributed by atoms with Crippen LogP contribution in [0.25, 0.3) is 0 Å². The van der Waals surface area contributed by atoms with Crippen molar-refractivity contribution in [2.24, 2.45) is 34.0 Å². The maximum Gasteiger partial charge on any atom is 0.328 e. The molecule has 5 aliphatic carbocycles. The van der Waals surface area contributed by atoms with Gasteiger partial charge in [0.25, 0.3) is 0 Å². The molecule has 0 radical (unpaired) electrons. The maximum absolute atomic E-state index is 12.7. The van der Waals surface area contributed by atoms with E-state index < -0.39 is 57.9 Å². The Morgan fingerprint density at radius 3 is 2.38 bits per heavy atom. The van der Waals surface area contributed by atoms with Crippen LogP contribution in [0.4, 0.5) is 11.4 Å². The van der Waals surface area contributed by atoms with Crippen LogP contribution < -0.4 is 4.90 Å². The minimum atomic E-state index is -1.27. The number of nitrogens with zero attached hydrogens (tertiary/aromatic N) is 2. The summed E-state index contributed by atoms with van der Waals surface area (Å²) in [4.78, 5) is 40.3. The molecule has 3 saturated carbocycles. The molecular formula is C58H73ClN2O8. The van der Waals surface area contributed by atoms with Crippen molar-refractivity contribution in [3.05, 3.63) is 142 Å². The number of aliphatic hydroxyl groups is 2.